The molecule has 0 aromatic carbocycles. The van der Waals surface area contributed by atoms with E-state index in [1.165, 1.54) is 63.7 Å². The Morgan fingerprint density at radius 1 is 1.12 bits per heavy atom. The second kappa shape index (κ2) is 9.35. The molecule has 1 atom stereocenters. The van der Waals surface area contributed by atoms with Crippen LogP contribution in [-0.4, -0.2) is 24.6 Å². The van der Waals surface area contributed by atoms with Gasteiger partial charge in [-0.1, -0.05) is 25.7 Å². The fourth-order valence-electron chi connectivity index (χ4n) is 2.68. The quantitative estimate of drug-likeness (QED) is 0.534. The fraction of sp³-hybridized carbons (Fsp3) is 1.00. The van der Waals surface area contributed by atoms with Gasteiger partial charge >= 0.3 is 0 Å². The minimum absolute atomic E-state index is 0.743. The van der Waals surface area contributed by atoms with Crippen LogP contribution >= 0.6 is 11.8 Å². The van der Waals surface area contributed by atoms with Crippen LogP contribution in [0.4, 0.5) is 0 Å². The van der Waals surface area contributed by atoms with E-state index in [-0.39, 0.29) is 0 Å². The largest absolute Gasteiger partial charge is 0.314 e. The fourth-order valence-corrected chi connectivity index (χ4v) is 3.17. The van der Waals surface area contributed by atoms with Crippen LogP contribution in [0.15, 0.2) is 0 Å². The Kier molecular flexibility index (Phi) is 8.40. The van der Waals surface area contributed by atoms with Gasteiger partial charge in [0.15, 0.2) is 0 Å². The molecule has 0 aromatic rings. The van der Waals surface area contributed by atoms with Crippen LogP contribution in [0.3, 0.4) is 0 Å². The highest BCUT2D eigenvalue weighted by atomic mass is 32.2. The highest BCUT2D eigenvalue weighted by Gasteiger charge is 2.17. The molecule has 0 saturated heterocycles. The standard InChI is InChI=1S/C14H29NS/c1-13(15-11-7-8-12-16-2)14-9-5-3-4-6-10-14/h13-15H,3-12H2,1-2H3/t13-/m0/s1. The Morgan fingerprint density at radius 3 is 2.44 bits per heavy atom. The Hall–Kier alpha value is 0.310. The molecule has 2 heteroatoms. The first-order chi connectivity index (χ1) is 7.84. The van der Waals surface area contributed by atoms with Crippen molar-refractivity contribution in [3.8, 4) is 0 Å². The van der Waals surface area contributed by atoms with Crippen molar-refractivity contribution in [3.05, 3.63) is 0 Å². The molecule has 96 valence electrons. The molecule has 0 heterocycles. The van der Waals surface area contributed by atoms with Gasteiger partial charge in [-0.25, -0.2) is 0 Å². The predicted octanol–water partition coefficient (Wildman–Crippen LogP) is 4.08. The minimum Gasteiger partial charge on any atom is -0.314 e. The van der Waals surface area contributed by atoms with Crippen molar-refractivity contribution in [2.45, 2.75) is 64.3 Å². The van der Waals surface area contributed by atoms with E-state index in [0.29, 0.717) is 0 Å². The van der Waals surface area contributed by atoms with Crippen LogP contribution < -0.4 is 5.32 Å². The number of rotatable bonds is 7. The highest BCUT2D eigenvalue weighted by molar-refractivity contribution is 7.98. The number of nitrogens with one attached hydrogen (secondary N) is 1. The zero-order valence-electron chi connectivity index (χ0n) is 11.1. The monoisotopic (exact) mass is 243 g/mol. The SMILES string of the molecule is CSCCCCN[C@@H](C)C1CCCCCC1. The molecule has 0 bridgehead atoms. The maximum atomic E-state index is 3.73. The number of hydrogen-bond acceptors (Lipinski definition) is 2. The summed E-state index contributed by atoms with van der Waals surface area (Å²) in [5.74, 6) is 2.27. The molecule has 1 rings (SSSR count). The summed E-state index contributed by atoms with van der Waals surface area (Å²) in [6.45, 7) is 3.61. The zero-order chi connectivity index (χ0) is 11.6. The Labute approximate surface area is 106 Å². The van der Waals surface area contributed by atoms with Crippen molar-refractivity contribution in [1.82, 2.24) is 5.32 Å². The van der Waals surface area contributed by atoms with Crippen LogP contribution in [0.5, 0.6) is 0 Å². The van der Waals surface area contributed by atoms with Gasteiger partial charge in [-0.15, -0.1) is 0 Å². The van der Waals surface area contributed by atoms with Crippen LogP contribution in [-0.2, 0) is 0 Å². The van der Waals surface area contributed by atoms with E-state index < -0.39 is 0 Å². The minimum atomic E-state index is 0.743. The lowest BCUT2D eigenvalue weighted by Crippen LogP contribution is -2.34. The second-order valence-corrected chi connectivity index (χ2v) is 6.18. The third kappa shape index (κ3) is 6.15. The molecule has 1 fully saturated rings. The molecule has 0 aliphatic heterocycles. The molecule has 0 aromatic heterocycles. The van der Waals surface area contributed by atoms with E-state index in [4.69, 9.17) is 0 Å². The average Bonchev–Trinajstić information content (AvgIpc) is 2.57. The molecule has 1 N–H and O–H groups in total. The summed E-state index contributed by atoms with van der Waals surface area (Å²) in [4.78, 5) is 0. The Balaban J connectivity index is 2.05. The molecule has 1 aliphatic carbocycles. The lowest BCUT2D eigenvalue weighted by molar-refractivity contribution is 0.337. The summed E-state index contributed by atoms with van der Waals surface area (Å²) in [5.41, 5.74) is 0. The highest BCUT2D eigenvalue weighted by Crippen LogP contribution is 2.25. The molecular weight excluding hydrogens is 214 g/mol. The van der Waals surface area contributed by atoms with Gasteiger partial charge in [0, 0.05) is 6.04 Å². The lowest BCUT2D eigenvalue weighted by atomic mass is 9.93. The summed E-state index contributed by atoms with van der Waals surface area (Å²) < 4.78 is 0. The van der Waals surface area contributed by atoms with Crippen molar-refractivity contribution in [3.63, 3.8) is 0 Å². The number of unbranched alkanes of at least 4 members (excludes halogenated alkanes) is 1. The molecule has 0 amide bonds. The molecular formula is C14H29NS. The molecule has 0 spiro atoms. The van der Waals surface area contributed by atoms with Gasteiger partial charge in [0.1, 0.15) is 0 Å². The van der Waals surface area contributed by atoms with Gasteiger partial charge in [0.2, 0.25) is 0 Å². The second-order valence-electron chi connectivity index (χ2n) is 5.19. The third-order valence-corrected chi connectivity index (χ3v) is 4.55. The van der Waals surface area contributed by atoms with Crippen molar-refractivity contribution < 1.29 is 0 Å². The van der Waals surface area contributed by atoms with Crippen molar-refractivity contribution in [2.75, 3.05) is 18.6 Å². The number of hydrogen-bond donors (Lipinski definition) is 1. The maximum Gasteiger partial charge on any atom is 0.00669 e. The normalized spacial score (nSPS) is 20.6. The summed E-state index contributed by atoms with van der Waals surface area (Å²) in [5, 5.41) is 3.73. The first-order valence-corrected chi connectivity index (χ1v) is 8.46. The van der Waals surface area contributed by atoms with Crippen molar-refractivity contribution in [1.29, 1.82) is 0 Å². The molecule has 0 unspecified atom stereocenters. The molecule has 1 nitrogen and oxygen atoms in total. The van der Waals surface area contributed by atoms with Gasteiger partial charge < -0.3 is 5.32 Å². The average molecular weight is 243 g/mol. The first kappa shape index (κ1) is 14.4. The summed E-state index contributed by atoms with van der Waals surface area (Å²) in [6, 6.07) is 0.743. The van der Waals surface area contributed by atoms with Gasteiger partial charge in [0.05, 0.1) is 0 Å². The van der Waals surface area contributed by atoms with Crippen LogP contribution in [0, 0.1) is 5.92 Å². The smallest absolute Gasteiger partial charge is 0.00669 e. The zero-order valence-corrected chi connectivity index (χ0v) is 12.0. The number of thioether (sulfide) groups is 1. The van der Waals surface area contributed by atoms with E-state index in [2.05, 4.69) is 18.5 Å². The summed E-state index contributed by atoms with van der Waals surface area (Å²) >= 11 is 1.96. The first-order valence-electron chi connectivity index (χ1n) is 7.07. The van der Waals surface area contributed by atoms with Crippen LogP contribution in [0.25, 0.3) is 0 Å². The van der Waals surface area contributed by atoms with E-state index in [1.807, 2.05) is 11.8 Å². The Morgan fingerprint density at radius 2 is 1.81 bits per heavy atom. The van der Waals surface area contributed by atoms with Crippen molar-refractivity contribution >= 4 is 11.8 Å². The summed E-state index contributed by atoms with van der Waals surface area (Å²) in [6.07, 6.45) is 13.7. The van der Waals surface area contributed by atoms with Crippen LogP contribution in [0.2, 0.25) is 0 Å². The van der Waals surface area contributed by atoms with Gasteiger partial charge in [-0.3, -0.25) is 0 Å². The molecule has 0 radical (unpaired) electrons. The lowest BCUT2D eigenvalue weighted by Gasteiger charge is -2.23. The summed E-state index contributed by atoms with van der Waals surface area (Å²) in [7, 11) is 0. The van der Waals surface area contributed by atoms with Crippen molar-refractivity contribution in [2.24, 2.45) is 5.92 Å². The van der Waals surface area contributed by atoms with Gasteiger partial charge in [0.25, 0.3) is 0 Å². The Bertz CT molecular complexity index is 153. The maximum absolute atomic E-state index is 3.73. The molecule has 1 saturated carbocycles. The topological polar surface area (TPSA) is 12.0 Å². The van der Waals surface area contributed by atoms with E-state index in [1.54, 1.807) is 0 Å². The van der Waals surface area contributed by atoms with E-state index in [0.717, 1.165) is 12.0 Å². The third-order valence-electron chi connectivity index (χ3n) is 3.85. The predicted molar refractivity (Wildman–Crippen MR) is 76.3 cm³/mol. The van der Waals surface area contributed by atoms with E-state index in [9.17, 15) is 0 Å². The van der Waals surface area contributed by atoms with Crippen LogP contribution in [0.1, 0.15) is 58.3 Å². The molecule has 1 aliphatic rings. The molecule has 16 heavy (non-hydrogen) atoms. The van der Waals surface area contributed by atoms with E-state index >= 15 is 0 Å². The van der Waals surface area contributed by atoms with Gasteiger partial charge in [-0.2, -0.15) is 11.8 Å². The van der Waals surface area contributed by atoms with Gasteiger partial charge in [-0.05, 0) is 57.1 Å².